The van der Waals surface area contributed by atoms with Crippen molar-refractivity contribution in [1.82, 2.24) is 4.90 Å². The van der Waals surface area contributed by atoms with Crippen LogP contribution in [0.4, 0.5) is 5.69 Å². The Morgan fingerprint density at radius 3 is 2.76 bits per heavy atom. The van der Waals surface area contributed by atoms with Crippen LogP contribution >= 0.6 is 0 Å². The molecule has 1 saturated heterocycles. The Bertz CT molecular complexity index is 651. The summed E-state index contributed by atoms with van der Waals surface area (Å²) in [7, 11) is 0. The third-order valence-corrected chi connectivity index (χ3v) is 4.81. The van der Waals surface area contributed by atoms with Gasteiger partial charge in [0.15, 0.2) is 0 Å². The molecule has 0 aromatic heterocycles. The van der Waals surface area contributed by atoms with Gasteiger partial charge in [-0.1, -0.05) is 12.1 Å². The van der Waals surface area contributed by atoms with E-state index in [-0.39, 0.29) is 24.0 Å². The highest BCUT2D eigenvalue weighted by atomic mass is 16.5. The predicted octanol–water partition coefficient (Wildman–Crippen LogP) is 2.02. The van der Waals surface area contributed by atoms with E-state index in [2.05, 4.69) is 5.32 Å². The van der Waals surface area contributed by atoms with Gasteiger partial charge in [-0.15, -0.1) is 0 Å². The molecule has 1 aromatic rings. The summed E-state index contributed by atoms with van der Waals surface area (Å²) in [6.07, 6.45) is 1.28. The van der Waals surface area contributed by atoms with Gasteiger partial charge in [0.05, 0.1) is 18.3 Å². The van der Waals surface area contributed by atoms with E-state index in [1.807, 2.05) is 36.9 Å². The number of hydrogen-bond acceptors (Lipinski definition) is 4. The van der Waals surface area contributed by atoms with E-state index >= 15 is 0 Å². The first kappa shape index (κ1) is 17.9. The lowest BCUT2D eigenvalue weighted by atomic mass is 9.96. The number of fused-ring (bicyclic) bond motifs is 1. The molecule has 0 bridgehead atoms. The van der Waals surface area contributed by atoms with Gasteiger partial charge in [0.25, 0.3) is 0 Å². The number of carbonyl (C=O) groups is 2. The molecule has 0 aliphatic carbocycles. The lowest BCUT2D eigenvalue weighted by Crippen LogP contribution is -2.48. The van der Waals surface area contributed by atoms with Crippen LogP contribution in [-0.4, -0.2) is 47.1 Å². The van der Waals surface area contributed by atoms with Crippen molar-refractivity contribution in [3.05, 3.63) is 29.3 Å². The lowest BCUT2D eigenvalue weighted by molar-refractivity contribution is -0.143. The van der Waals surface area contributed by atoms with Crippen molar-refractivity contribution < 1.29 is 19.4 Å². The fourth-order valence-corrected chi connectivity index (χ4v) is 3.58. The molecule has 0 radical (unpaired) electrons. The summed E-state index contributed by atoms with van der Waals surface area (Å²) in [6.45, 7) is 5.16. The molecule has 136 valence electrons. The van der Waals surface area contributed by atoms with Crippen molar-refractivity contribution in [3.63, 3.8) is 0 Å². The number of carbonyl (C=O) groups excluding carboxylic acids is 2. The Morgan fingerprint density at radius 1 is 1.32 bits per heavy atom. The highest BCUT2D eigenvalue weighted by molar-refractivity contribution is 5.93. The second-order valence-corrected chi connectivity index (χ2v) is 7.08. The first-order valence-electron chi connectivity index (χ1n) is 8.96. The number of nitrogens with one attached hydrogen (secondary N) is 1. The predicted molar refractivity (Wildman–Crippen MR) is 94.2 cm³/mol. The zero-order chi connectivity index (χ0) is 18.0. The second-order valence-electron chi connectivity index (χ2n) is 7.08. The number of anilines is 1. The van der Waals surface area contributed by atoms with Gasteiger partial charge in [-0.25, -0.2) is 0 Å². The topological polar surface area (TPSA) is 78.9 Å². The smallest absolute Gasteiger partial charge is 0.224 e. The summed E-state index contributed by atoms with van der Waals surface area (Å²) < 4.78 is 5.65. The number of benzene rings is 1. The average Bonchev–Trinajstić information content (AvgIpc) is 2.58. The normalized spacial score (nSPS) is 24.4. The van der Waals surface area contributed by atoms with Crippen molar-refractivity contribution in [3.8, 4) is 0 Å². The van der Waals surface area contributed by atoms with E-state index < -0.39 is 6.10 Å². The third kappa shape index (κ3) is 4.38. The monoisotopic (exact) mass is 346 g/mol. The average molecular weight is 346 g/mol. The maximum atomic E-state index is 12.4. The summed E-state index contributed by atoms with van der Waals surface area (Å²) in [5, 5.41) is 13.3. The Balaban J connectivity index is 1.56. The molecule has 0 unspecified atom stereocenters. The molecule has 2 aliphatic rings. The van der Waals surface area contributed by atoms with Crippen LogP contribution in [-0.2, 0) is 20.7 Å². The number of aliphatic hydroxyl groups excluding tert-OH is 1. The van der Waals surface area contributed by atoms with Crippen LogP contribution in [0.3, 0.4) is 0 Å². The fraction of sp³-hybridized carbons (Fsp3) is 0.579. The van der Waals surface area contributed by atoms with Gasteiger partial charge in [0, 0.05) is 31.6 Å². The maximum absolute atomic E-state index is 12.4. The zero-order valence-corrected chi connectivity index (χ0v) is 14.8. The largest absolute Gasteiger partial charge is 0.388 e. The van der Waals surface area contributed by atoms with Crippen molar-refractivity contribution in [2.45, 2.75) is 57.8 Å². The van der Waals surface area contributed by atoms with Crippen LogP contribution in [0, 0.1) is 0 Å². The Morgan fingerprint density at radius 2 is 2.04 bits per heavy atom. The molecule has 6 nitrogen and oxygen atoms in total. The Kier molecular flexibility index (Phi) is 5.39. The van der Waals surface area contributed by atoms with Gasteiger partial charge in [-0.3, -0.25) is 9.59 Å². The van der Waals surface area contributed by atoms with Crippen LogP contribution in [0.25, 0.3) is 0 Å². The van der Waals surface area contributed by atoms with Gasteiger partial charge in [0.2, 0.25) is 11.8 Å². The molecule has 2 N–H and O–H groups in total. The highest BCUT2D eigenvalue weighted by Crippen LogP contribution is 2.28. The number of aliphatic hydroxyl groups is 1. The standard InChI is InChI=1S/C19H26N2O4/c1-12-10-21(11-13(2)25-12)19(24)8-6-17(22)15-3-5-16-14(9-15)4-7-18(23)20-16/h3,5,9,12-13,17,22H,4,6-8,10-11H2,1-2H3,(H,20,23)/t12-,13-,17-/m1/s1. The maximum Gasteiger partial charge on any atom is 0.224 e. The van der Waals surface area contributed by atoms with E-state index in [1.54, 1.807) is 0 Å². The minimum Gasteiger partial charge on any atom is -0.388 e. The lowest BCUT2D eigenvalue weighted by Gasteiger charge is -2.35. The van der Waals surface area contributed by atoms with Crippen LogP contribution in [0.5, 0.6) is 0 Å². The van der Waals surface area contributed by atoms with Gasteiger partial charge in [-0.05, 0) is 43.9 Å². The van der Waals surface area contributed by atoms with Gasteiger partial charge in [-0.2, -0.15) is 0 Å². The molecule has 1 aromatic carbocycles. The van der Waals surface area contributed by atoms with Crippen molar-refractivity contribution >= 4 is 17.5 Å². The summed E-state index contributed by atoms with van der Waals surface area (Å²) in [6, 6.07) is 5.58. The molecular weight excluding hydrogens is 320 g/mol. The molecular formula is C19H26N2O4. The van der Waals surface area contributed by atoms with Gasteiger partial charge in [0.1, 0.15) is 0 Å². The molecule has 3 atom stereocenters. The number of amides is 2. The van der Waals surface area contributed by atoms with Crippen molar-refractivity contribution in [2.24, 2.45) is 0 Å². The van der Waals surface area contributed by atoms with Gasteiger partial charge < -0.3 is 20.1 Å². The molecule has 2 aliphatic heterocycles. The quantitative estimate of drug-likeness (QED) is 0.874. The first-order valence-corrected chi connectivity index (χ1v) is 8.96. The fourth-order valence-electron chi connectivity index (χ4n) is 3.58. The summed E-state index contributed by atoms with van der Waals surface area (Å²) >= 11 is 0. The number of morpholine rings is 1. The van der Waals surface area contributed by atoms with Gasteiger partial charge >= 0.3 is 0 Å². The van der Waals surface area contributed by atoms with Crippen LogP contribution in [0.2, 0.25) is 0 Å². The number of nitrogens with zero attached hydrogens (tertiary/aromatic N) is 1. The van der Waals surface area contributed by atoms with Crippen LogP contribution in [0.1, 0.15) is 50.3 Å². The Labute approximate surface area is 148 Å². The van der Waals surface area contributed by atoms with E-state index in [0.717, 1.165) is 16.8 Å². The molecule has 2 heterocycles. The van der Waals surface area contributed by atoms with Crippen LogP contribution in [0.15, 0.2) is 18.2 Å². The first-order chi connectivity index (χ1) is 11.9. The molecule has 0 spiro atoms. The number of hydrogen-bond donors (Lipinski definition) is 2. The summed E-state index contributed by atoms with van der Waals surface area (Å²) in [5.74, 6) is 0.0895. The minimum absolute atomic E-state index is 0.0281. The summed E-state index contributed by atoms with van der Waals surface area (Å²) in [4.78, 5) is 25.6. The highest BCUT2D eigenvalue weighted by Gasteiger charge is 2.26. The molecule has 6 heteroatoms. The summed E-state index contributed by atoms with van der Waals surface area (Å²) in [5.41, 5.74) is 2.66. The van der Waals surface area contributed by atoms with E-state index in [0.29, 0.717) is 38.8 Å². The number of aryl methyl sites for hydroxylation is 1. The molecule has 1 fully saturated rings. The third-order valence-electron chi connectivity index (χ3n) is 4.81. The zero-order valence-electron chi connectivity index (χ0n) is 14.8. The molecule has 0 saturated carbocycles. The van der Waals surface area contributed by atoms with Crippen LogP contribution < -0.4 is 5.32 Å². The minimum atomic E-state index is -0.678. The molecule has 3 rings (SSSR count). The molecule has 25 heavy (non-hydrogen) atoms. The molecule has 2 amide bonds. The number of ether oxygens (including phenoxy) is 1. The SMILES string of the molecule is C[C@@H]1CN(C(=O)CC[C@@H](O)c2ccc3c(c2)CCC(=O)N3)C[C@@H](C)O1. The van der Waals surface area contributed by atoms with E-state index in [1.165, 1.54) is 0 Å². The van der Waals surface area contributed by atoms with Crippen molar-refractivity contribution in [2.75, 3.05) is 18.4 Å². The van der Waals surface area contributed by atoms with E-state index in [4.69, 9.17) is 4.74 Å². The second kappa shape index (κ2) is 7.54. The number of rotatable bonds is 4. The van der Waals surface area contributed by atoms with Crippen molar-refractivity contribution in [1.29, 1.82) is 0 Å². The Hall–Kier alpha value is -1.92. The van der Waals surface area contributed by atoms with E-state index in [9.17, 15) is 14.7 Å².